The molecule has 0 aliphatic heterocycles. The van der Waals surface area contributed by atoms with Crippen LogP contribution in [-0.2, 0) is 4.79 Å². The van der Waals surface area contributed by atoms with Crippen molar-refractivity contribution in [2.75, 3.05) is 12.3 Å². The Hall–Kier alpha value is -0.710. The Labute approximate surface area is 123 Å². The van der Waals surface area contributed by atoms with Crippen molar-refractivity contribution >= 4 is 29.3 Å². The molecule has 19 heavy (non-hydrogen) atoms. The van der Waals surface area contributed by atoms with E-state index < -0.39 is 5.54 Å². The molecule has 1 aromatic rings. The molecule has 0 heterocycles. The SMILES string of the molecule is CCNC(CSc1ccccc1Cl)(C(N)=O)C1CC1. The van der Waals surface area contributed by atoms with Crippen molar-refractivity contribution in [1.82, 2.24) is 5.32 Å². The maximum atomic E-state index is 11.9. The summed E-state index contributed by atoms with van der Waals surface area (Å²) < 4.78 is 0. The van der Waals surface area contributed by atoms with Crippen LogP contribution in [0.3, 0.4) is 0 Å². The predicted octanol–water partition coefficient (Wildman–Crippen LogP) is 2.68. The number of thioether (sulfide) groups is 1. The third kappa shape index (κ3) is 3.25. The number of benzene rings is 1. The molecule has 0 aromatic heterocycles. The highest BCUT2D eigenvalue weighted by Gasteiger charge is 2.49. The van der Waals surface area contributed by atoms with Crippen LogP contribution in [0.5, 0.6) is 0 Å². The van der Waals surface area contributed by atoms with Gasteiger partial charge in [-0.25, -0.2) is 0 Å². The van der Waals surface area contributed by atoms with Crippen molar-refractivity contribution in [3.05, 3.63) is 29.3 Å². The summed E-state index contributed by atoms with van der Waals surface area (Å²) in [5.74, 6) is 0.737. The van der Waals surface area contributed by atoms with E-state index in [1.54, 1.807) is 11.8 Å². The zero-order chi connectivity index (χ0) is 13.9. The van der Waals surface area contributed by atoms with Gasteiger partial charge in [-0.2, -0.15) is 0 Å². The Morgan fingerprint density at radius 2 is 2.21 bits per heavy atom. The van der Waals surface area contributed by atoms with Gasteiger partial charge in [-0.15, -0.1) is 11.8 Å². The molecule has 3 N–H and O–H groups in total. The largest absolute Gasteiger partial charge is 0.368 e. The fraction of sp³-hybridized carbons (Fsp3) is 0.500. The molecule has 1 amide bonds. The van der Waals surface area contributed by atoms with Gasteiger partial charge in [-0.05, 0) is 37.4 Å². The van der Waals surface area contributed by atoms with Crippen molar-refractivity contribution in [3.63, 3.8) is 0 Å². The molecular weight excluding hydrogens is 280 g/mol. The first kappa shape index (κ1) is 14.7. The number of primary amides is 1. The van der Waals surface area contributed by atoms with Gasteiger partial charge >= 0.3 is 0 Å². The predicted molar refractivity (Wildman–Crippen MR) is 80.5 cm³/mol. The molecule has 3 nitrogen and oxygen atoms in total. The van der Waals surface area contributed by atoms with E-state index in [4.69, 9.17) is 17.3 Å². The second-order valence-electron chi connectivity index (χ2n) is 4.86. The number of carbonyl (C=O) groups is 1. The first-order valence-electron chi connectivity index (χ1n) is 6.52. The molecule has 1 atom stereocenters. The van der Waals surface area contributed by atoms with Crippen LogP contribution in [0.4, 0.5) is 0 Å². The van der Waals surface area contributed by atoms with Gasteiger partial charge < -0.3 is 11.1 Å². The molecule has 1 saturated carbocycles. The number of carbonyl (C=O) groups excluding carboxylic acids is 1. The molecule has 5 heteroatoms. The summed E-state index contributed by atoms with van der Waals surface area (Å²) in [6.45, 7) is 2.74. The monoisotopic (exact) mass is 298 g/mol. The van der Waals surface area contributed by atoms with E-state index in [1.165, 1.54) is 0 Å². The molecular formula is C14H19ClN2OS. The lowest BCUT2D eigenvalue weighted by Gasteiger charge is -2.31. The van der Waals surface area contributed by atoms with Crippen LogP contribution >= 0.6 is 23.4 Å². The Bertz CT molecular complexity index is 465. The second-order valence-corrected chi connectivity index (χ2v) is 6.28. The molecule has 2 rings (SSSR count). The summed E-state index contributed by atoms with van der Waals surface area (Å²) >= 11 is 7.74. The first-order chi connectivity index (χ1) is 9.10. The lowest BCUT2D eigenvalue weighted by molar-refractivity contribution is -0.124. The minimum absolute atomic E-state index is 0.253. The fourth-order valence-corrected chi connectivity index (χ4v) is 3.86. The molecule has 0 radical (unpaired) electrons. The van der Waals surface area contributed by atoms with Gasteiger partial charge in [0.15, 0.2) is 0 Å². The molecule has 1 aliphatic carbocycles. The summed E-state index contributed by atoms with van der Waals surface area (Å²) in [6, 6.07) is 7.68. The third-order valence-electron chi connectivity index (χ3n) is 3.50. The Kier molecular flexibility index (Phi) is 4.76. The number of likely N-dealkylation sites (N-methyl/N-ethyl adjacent to an activating group) is 1. The van der Waals surface area contributed by atoms with Gasteiger partial charge in [0, 0.05) is 10.6 Å². The third-order valence-corrected chi connectivity index (χ3v) is 5.21. The van der Waals surface area contributed by atoms with E-state index in [0.29, 0.717) is 11.7 Å². The summed E-state index contributed by atoms with van der Waals surface area (Å²) in [5.41, 5.74) is 5.05. The van der Waals surface area contributed by atoms with Crippen molar-refractivity contribution in [2.45, 2.75) is 30.2 Å². The van der Waals surface area contributed by atoms with Gasteiger partial charge in [0.25, 0.3) is 0 Å². The summed E-state index contributed by atoms with van der Waals surface area (Å²) in [6.07, 6.45) is 2.14. The number of amides is 1. The highest BCUT2D eigenvalue weighted by Crippen LogP contribution is 2.43. The lowest BCUT2D eigenvalue weighted by atomic mass is 9.94. The minimum Gasteiger partial charge on any atom is -0.368 e. The summed E-state index contributed by atoms with van der Waals surface area (Å²) in [7, 11) is 0. The van der Waals surface area contributed by atoms with Crippen LogP contribution in [0.25, 0.3) is 0 Å². The summed E-state index contributed by atoms with van der Waals surface area (Å²) in [4.78, 5) is 12.9. The topological polar surface area (TPSA) is 55.1 Å². The molecule has 1 fully saturated rings. The van der Waals surface area contributed by atoms with E-state index in [1.807, 2.05) is 31.2 Å². The van der Waals surface area contributed by atoms with E-state index in [-0.39, 0.29) is 5.91 Å². The Morgan fingerprint density at radius 1 is 1.53 bits per heavy atom. The van der Waals surface area contributed by atoms with Gasteiger partial charge in [-0.3, -0.25) is 4.79 Å². The standard InChI is InChI=1S/C14H19ClN2OS/c1-2-17-14(13(16)18,10-7-8-10)9-19-12-6-4-3-5-11(12)15/h3-6,10,17H,2,7-9H2,1H3,(H2,16,18). The van der Waals surface area contributed by atoms with E-state index >= 15 is 0 Å². The quantitative estimate of drug-likeness (QED) is 0.761. The number of hydrogen-bond donors (Lipinski definition) is 2. The molecule has 0 saturated heterocycles. The molecule has 1 unspecified atom stereocenters. The molecule has 0 bridgehead atoms. The zero-order valence-electron chi connectivity index (χ0n) is 11.0. The second kappa shape index (κ2) is 6.16. The lowest BCUT2D eigenvalue weighted by Crippen LogP contribution is -2.59. The highest BCUT2D eigenvalue weighted by molar-refractivity contribution is 7.99. The van der Waals surface area contributed by atoms with Crippen molar-refractivity contribution in [3.8, 4) is 0 Å². The van der Waals surface area contributed by atoms with Crippen LogP contribution in [-0.4, -0.2) is 23.7 Å². The number of rotatable bonds is 7. The highest BCUT2D eigenvalue weighted by atomic mass is 35.5. The van der Waals surface area contributed by atoms with Gasteiger partial charge in [0.1, 0.15) is 5.54 Å². The average molecular weight is 299 g/mol. The molecule has 1 aliphatic rings. The number of nitrogens with two attached hydrogens (primary N) is 1. The van der Waals surface area contributed by atoms with Gasteiger partial charge in [0.2, 0.25) is 5.91 Å². The van der Waals surface area contributed by atoms with Crippen LogP contribution in [0.1, 0.15) is 19.8 Å². The average Bonchev–Trinajstić information content (AvgIpc) is 3.20. The zero-order valence-corrected chi connectivity index (χ0v) is 12.6. The molecule has 0 spiro atoms. The van der Waals surface area contributed by atoms with Crippen molar-refractivity contribution in [2.24, 2.45) is 11.7 Å². The molecule has 1 aromatic carbocycles. The van der Waals surface area contributed by atoms with Crippen LogP contribution in [0.15, 0.2) is 29.2 Å². The maximum Gasteiger partial charge on any atom is 0.238 e. The van der Waals surface area contributed by atoms with Crippen LogP contribution < -0.4 is 11.1 Å². The fourth-order valence-electron chi connectivity index (χ4n) is 2.32. The number of nitrogens with one attached hydrogen (secondary N) is 1. The van der Waals surface area contributed by atoms with E-state index in [9.17, 15) is 4.79 Å². The molecule has 104 valence electrons. The van der Waals surface area contributed by atoms with Gasteiger partial charge in [0.05, 0.1) is 5.02 Å². The smallest absolute Gasteiger partial charge is 0.238 e. The van der Waals surface area contributed by atoms with Gasteiger partial charge in [-0.1, -0.05) is 30.7 Å². The van der Waals surface area contributed by atoms with E-state index in [0.717, 1.165) is 29.3 Å². The number of hydrogen-bond acceptors (Lipinski definition) is 3. The van der Waals surface area contributed by atoms with Crippen LogP contribution in [0.2, 0.25) is 5.02 Å². The summed E-state index contributed by atoms with van der Waals surface area (Å²) in [5, 5.41) is 4.03. The maximum absolute atomic E-state index is 11.9. The number of halogens is 1. The Balaban J connectivity index is 2.12. The Morgan fingerprint density at radius 3 is 2.74 bits per heavy atom. The van der Waals surface area contributed by atoms with E-state index in [2.05, 4.69) is 5.32 Å². The van der Waals surface area contributed by atoms with Crippen molar-refractivity contribution in [1.29, 1.82) is 0 Å². The minimum atomic E-state index is -0.599. The van der Waals surface area contributed by atoms with Crippen LogP contribution in [0, 0.1) is 5.92 Å². The van der Waals surface area contributed by atoms with Crippen molar-refractivity contribution < 1.29 is 4.79 Å². The normalized spacial score (nSPS) is 18.0. The first-order valence-corrected chi connectivity index (χ1v) is 7.88.